The van der Waals surface area contributed by atoms with Crippen molar-refractivity contribution in [2.24, 2.45) is 19.2 Å². The molecular weight excluding hydrogens is 392 g/mol. The van der Waals surface area contributed by atoms with Gasteiger partial charge in [-0.3, -0.25) is 20.2 Å². The summed E-state index contributed by atoms with van der Waals surface area (Å²) < 4.78 is 9.53. The molecule has 0 spiro atoms. The quantitative estimate of drug-likeness (QED) is 0.229. The SMILES string of the molecule is Cn1cc[n+](C)c1.O=C1CN(/N=C/c2ccc(-c3ccc([N+](=O)[O-])cc3)o2)C(=O)N1. The third-order valence-corrected chi connectivity index (χ3v) is 3.99. The van der Waals surface area contributed by atoms with Crippen LogP contribution in [0.15, 0.2) is 64.6 Å². The first-order valence-electron chi connectivity index (χ1n) is 8.79. The van der Waals surface area contributed by atoms with E-state index in [9.17, 15) is 19.7 Å². The van der Waals surface area contributed by atoms with Crippen molar-refractivity contribution in [1.29, 1.82) is 0 Å². The summed E-state index contributed by atoms with van der Waals surface area (Å²) >= 11 is 0. The molecule has 1 aromatic carbocycles. The van der Waals surface area contributed by atoms with Crippen molar-refractivity contribution in [1.82, 2.24) is 14.9 Å². The van der Waals surface area contributed by atoms with Crippen molar-refractivity contribution in [2.75, 3.05) is 6.54 Å². The van der Waals surface area contributed by atoms with Crippen molar-refractivity contribution in [3.8, 4) is 11.3 Å². The van der Waals surface area contributed by atoms with Crippen molar-refractivity contribution in [3.05, 3.63) is 71.0 Å². The van der Waals surface area contributed by atoms with E-state index in [2.05, 4.69) is 10.4 Å². The second-order valence-electron chi connectivity index (χ2n) is 6.41. The molecule has 3 aromatic rings. The smallest absolute Gasteiger partial charge is 0.344 e. The van der Waals surface area contributed by atoms with Crippen molar-refractivity contribution in [3.63, 3.8) is 0 Å². The number of hydrogen-bond acceptors (Lipinski definition) is 6. The highest BCUT2D eigenvalue weighted by molar-refractivity contribution is 6.02. The van der Waals surface area contributed by atoms with E-state index in [1.54, 1.807) is 24.3 Å². The van der Waals surface area contributed by atoms with Crippen LogP contribution in [0.1, 0.15) is 5.76 Å². The number of imide groups is 1. The van der Waals surface area contributed by atoms with Crippen LogP contribution in [0.3, 0.4) is 0 Å². The average molecular weight is 411 g/mol. The fourth-order valence-electron chi connectivity index (χ4n) is 2.55. The predicted molar refractivity (Wildman–Crippen MR) is 105 cm³/mol. The first-order chi connectivity index (χ1) is 14.3. The van der Waals surface area contributed by atoms with Gasteiger partial charge in [0.1, 0.15) is 30.5 Å². The molecule has 3 heterocycles. The minimum Gasteiger partial charge on any atom is -0.455 e. The number of hydrogen-bond donors (Lipinski definition) is 1. The van der Waals surface area contributed by atoms with E-state index in [4.69, 9.17) is 4.42 Å². The summed E-state index contributed by atoms with van der Waals surface area (Å²) in [5.41, 5.74) is 0.663. The average Bonchev–Trinajstić information content (AvgIpc) is 3.41. The van der Waals surface area contributed by atoms with Crippen molar-refractivity contribution in [2.45, 2.75) is 0 Å². The van der Waals surface area contributed by atoms with Crippen LogP contribution in [0.2, 0.25) is 0 Å². The summed E-state index contributed by atoms with van der Waals surface area (Å²) in [5, 5.41) is 17.6. The second-order valence-corrected chi connectivity index (χ2v) is 6.41. The van der Waals surface area contributed by atoms with Gasteiger partial charge in [0.15, 0.2) is 0 Å². The third kappa shape index (κ3) is 5.16. The zero-order valence-electron chi connectivity index (χ0n) is 16.3. The lowest BCUT2D eigenvalue weighted by Crippen LogP contribution is -2.24. The minimum atomic E-state index is -0.589. The molecule has 0 bridgehead atoms. The van der Waals surface area contributed by atoms with Gasteiger partial charge in [0.2, 0.25) is 12.2 Å². The predicted octanol–water partition coefficient (Wildman–Crippen LogP) is 1.59. The Morgan fingerprint density at radius 2 is 1.97 bits per heavy atom. The first-order valence-corrected chi connectivity index (χ1v) is 8.79. The zero-order chi connectivity index (χ0) is 21.7. The number of nitro groups is 1. The normalized spacial score (nSPS) is 13.3. The molecule has 0 atom stereocenters. The summed E-state index contributed by atoms with van der Waals surface area (Å²) in [5.74, 6) is 0.465. The Labute approximate surface area is 171 Å². The molecule has 2 aromatic heterocycles. The molecule has 0 unspecified atom stereocenters. The van der Waals surface area contributed by atoms with Gasteiger partial charge in [0, 0.05) is 17.7 Å². The van der Waals surface area contributed by atoms with Gasteiger partial charge in [-0.1, -0.05) is 0 Å². The number of carbonyl (C=O) groups excluding carboxylic acids is 2. The lowest BCUT2D eigenvalue weighted by molar-refractivity contribution is -0.670. The number of furan rings is 1. The number of nitro benzene ring substituents is 1. The highest BCUT2D eigenvalue weighted by Crippen LogP contribution is 2.24. The molecule has 11 nitrogen and oxygen atoms in total. The molecule has 1 aliphatic heterocycles. The maximum atomic E-state index is 11.3. The number of aromatic nitrogens is 2. The molecule has 0 saturated carbocycles. The molecule has 154 valence electrons. The summed E-state index contributed by atoms with van der Waals surface area (Å²) in [6.07, 6.45) is 7.31. The molecule has 1 saturated heterocycles. The van der Waals surface area contributed by atoms with Gasteiger partial charge in [0.25, 0.3) is 5.69 Å². The molecule has 11 heteroatoms. The fourth-order valence-corrected chi connectivity index (χ4v) is 2.55. The van der Waals surface area contributed by atoms with Crippen LogP contribution in [0.4, 0.5) is 10.5 Å². The molecular formula is C19H19N6O5+. The lowest BCUT2D eigenvalue weighted by atomic mass is 10.1. The van der Waals surface area contributed by atoms with Crippen LogP contribution in [0, 0.1) is 10.1 Å². The van der Waals surface area contributed by atoms with E-state index in [-0.39, 0.29) is 12.2 Å². The van der Waals surface area contributed by atoms with Gasteiger partial charge in [-0.15, -0.1) is 0 Å². The highest BCUT2D eigenvalue weighted by Gasteiger charge is 2.26. The Morgan fingerprint density at radius 3 is 2.47 bits per heavy atom. The second kappa shape index (κ2) is 8.82. The number of urea groups is 1. The van der Waals surface area contributed by atoms with Gasteiger partial charge < -0.3 is 4.42 Å². The number of imidazole rings is 1. The maximum absolute atomic E-state index is 11.3. The number of aryl methyl sites for hydroxylation is 2. The van der Waals surface area contributed by atoms with E-state index >= 15 is 0 Å². The van der Waals surface area contributed by atoms with E-state index in [0.29, 0.717) is 17.1 Å². The van der Waals surface area contributed by atoms with Gasteiger partial charge in [-0.25, -0.2) is 18.9 Å². The molecule has 1 N–H and O–H groups in total. The number of nitrogens with one attached hydrogen (secondary N) is 1. The monoisotopic (exact) mass is 411 g/mol. The van der Waals surface area contributed by atoms with Crippen LogP contribution in [-0.2, 0) is 18.9 Å². The standard InChI is InChI=1S/C14H10N4O5.C5H9N2/c19-13-8-17(14(20)16-13)15-7-11-5-6-12(23-11)9-1-3-10(4-2-9)18(21)22;1-6-3-4-7(2)5-6/h1-7H,8H2,(H,16,19,20);3-5H,1-2H3/q;+1/b15-7+;. The summed E-state index contributed by atoms with van der Waals surface area (Å²) in [7, 11) is 4.00. The Morgan fingerprint density at radius 1 is 1.23 bits per heavy atom. The summed E-state index contributed by atoms with van der Waals surface area (Å²) in [6.45, 7) is -0.134. The molecule has 1 aliphatic rings. The van der Waals surface area contributed by atoms with Crippen molar-refractivity contribution < 1.29 is 23.5 Å². The number of nitrogens with zero attached hydrogens (tertiary/aromatic N) is 5. The van der Waals surface area contributed by atoms with Gasteiger partial charge in [0.05, 0.1) is 25.2 Å². The molecule has 4 rings (SSSR count). The van der Waals surface area contributed by atoms with Gasteiger partial charge >= 0.3 is 6.03 Å². The Hall–Kier alpha value is -4.28. The Bertz CT molecular complexity index is 1080. The lowest BCUT2D eigenvalue weighted by Gasteiger charge is -2.02. The first kappa shape index (κ1) is 20.5. The largest absolute Gasteiger partial charge is 0.455 e. The summed E-state index contributed by atoms with van der Waals surface area (Å²) in [4.78, 5) is 32.5. The molecule has 0 radical (unpaired) electrons. The third-order valence-electron chi connectivity index (χ3n) is 3.99. The highest BCUT2D eigenvalue weighted by atomic mass is 16.6. The number of hydrazone groups is 1. The molecule has 1 fully saturated rings. The van der Waals surface area contributed by atoms with E-state index < -0.39 is 16.9 Å². The number of non-ortho nitro benzene ring substituents is 1. The van der Waals surface area contributed by atoms with Crippen LogP contribution >= 0.6 is 0 Å². The van der Waals surface area contributed by atoms with Gasteiger partial charge in [-0.2, -0.15) is 5.10 Å². The fraction of sp³-hybridized carbons (Fsp3) is 0.158. The Kier molecular flexibility index (Phi) is 6.01. The van der Waals surface area contributed by atoms with Crippen LogP contribution in [0.25, 0.3) is 11.3 Å². The molecule has 30 heavy (non-hydrogen) atoms. The van der Waals surface area contributed by atoms with E-state index in [1.807, 2.05) is 42.0 Å². The van der Waals surface area contributed by atoms with Crippen molar-refractivity contribution >= 4 is 23.8 Å². The minimum absolute atomic E-state index is 0.00759. The molecule has 0 aliphatic carbocycles. The van der Waals surface area contributed by atoms with E-state index in [1.165, 1.54) is 18.3 Å². The Balaban J connectivity index is 0.000000310. The number of benzene rings is 1. The van der Waals surface area contributed by atoms with E-state index in [0.717, 1.165) is 5.01 Å². The van der Waals surface area contributed by atoms with Crippen LogP contribution in [0.5, 0.6) is 0 Å². The molecule has 3 amide bonds. The van der Waals surface area contributed by atoms with Crippen LogP contribution < -0.4 is 9.88 Å². The number of carbonyl (C=O) groups is 2. The van der Waals surface area contributed by atoms with Gasteiger partial charge in [-0.05, 0) is 24.3 Å². The maximum Gasteiger partial charge on any atom is 0.344 e. The number of rotatable bonds is 4. The van der Waals surface area contributed by atoms with Crippen LogP contribution in [-0.4, -0.2) is 39.2 Å². The topological polar surface area (TPSA) is 127 Å². The number of amides is 3. The zero-order valence-corrected chi connectivity index (χ0v) is 16.3. The summed E-state index contributed by atoms with van der Waals surface area (Å²) in [6, 6.07) is 8.63.